The number of hydrazone groups is 1. The summed E-state index contributed by atoms with van der Waals surface area (Å²) in [4.78, 5) is 10.5. The summed E-state index contributed by atoms with van der Waals surface area (Å²) < 4.78 is 5.71. The van der Waals surface area contributed by atoms with Gasteiger partial charge in [0.2, 0.25) is 5.71 Å². The second kappa shape index (κ2) is 7.57. The maximum atomic E-state index is 11.1. The van der Waals surface area contributed by atoms with Crippen LogP contribution in [0, 0.1) is 46.6 Å². The number of nitriles is 2. The molecule has 0 aliphatic rings. The van der Waals surface area contributed by atoms with E-state index in [0.29, 0.717) is 5.75 Å². The summed E-state index contributed by atoms with van der Waals surface area (Å²) in [6.07, 6.45) is 0. The maximum absolute atomic E-state index is 11.1. The van der Waals surface area contributed by atoms with Gasteiger partial charge in [0.25, 0.3) is 5.69 Å². The van der Waals surface area contributed by atoms with Gasteiger partial charge in [-0.3, -0.25) is 15.5 Å². The van der Waals surface area contributed by atoms with Crippen molar-refractivity contribution in [3.05, 3.63) is 57.6 Å². The summed E-state index contributed by atoms with van der Waals surface area (Å²) in [6, 6.07) is 12.8. The summed E-state index contributed by atoms with van der Waals surface area (Å²) in [7, 11) is 0. The van der Waals surface area contributed by atoms with E-state index >= 15 is 0 Å². The second-order valence-electron chi connectivity index (χ2n) is 5.19. The van der Waals surface area contributed by atoms with Gasteiger partial charge in [-0.15, -0.1) is 0 Å². The fourth-order valence-electron chi connectivity index (χ4n) is 2.14. The number of benzene rings is 2. The SMILES string of the molecule is Cc1cc(C)cc(Oc2cc(NN=C(C#N)C#N)cc([N+](=O)[O-])c2)c1. The van der Waals surface area contributed by atoms with Crippen LogP contribution in [0.1, 0.15) is 11.1 Å². The molecule has 0 bridgehead atoms. The molecule has 0 heterocycles. The molecule has 0 aliphatic carbocycles. The maximum Gasteiger partial charge on any atom is 0.275 e. The van der Waals surface area contributed by atoms with Gasteiger partial charge in [0.15, 0.2) is 0 Å². The quantitative estimate of drug-likeness (QED) is 0.503. The third-order valence-electron chi connectivity index (χ3n) is 3.04. The molecule has 0 spiro atoms. The highest BCUT2D eigenvalue weighted by molar-refractivity contribution is 6.10. The normalized spacial score (nSPS) is 9.44. The molecule has 0 atom stereocenters. The largest absolute Gasteiger partial charge is 0.457 e. The lowest BCUT2D eigenvalue weighted by Gasteiger charge is -2.09. The Morgan fingerprint density at radius 3 is 2.24 bits per heavy atom. The topological polar surface area (TPSA) is 124 Å². The van der Waals surface area contributed by atoms with Crippen LogP contribution in [0.3, 0.4) is 0 Å². The van der Waals surface area contributed by atoms with Crippen LogP contribution in [0.2, 0.25) is 0 Å². The Balaban J connectivity index is 2.37. The smallest absolute Gasteiger partial charge is 0.275 e. The number of nitro benzene ring substituents is 1. The van der Waals surface area contributed by atoms with Gasteiger partial charge in [-0.05, 0) is 37.1 Å². The van der Waals surface area contributed by atoms with Gasteiger partial charge in [-0.2, -0.15) is 15.6 Å². The molecule has 124 valence electrons. The van der Waals surface area contributed by atoms with Crippen molar-refractivity contribution in [1.29, 1.82) is 10.5 Å². The van der Waals surface area contributed by atoms with Crippen LogP contribution < -0.4 is 10.2 Å². The Bertz CT molecular complexity index is 902. The van der Waals surface area contributed by atoms with E-state index < -0.39 is 10.6 Å². The van der Waals surface area contributed by atoms with Crippen LogP contribution in [-0.2, 0) is 0 Å². The second-order valence-corrected chi connectivity index (χ2v) is 5.19. The minimum atomic E-state index is -0.571. The van der Waals surface area contributed by atoms with E-state index in [4.69, 9.17) is 15.3 Å². The molecule has 0 saturated heterocycles. The van der Waals surface area contributed by atoms with Crippen molar-refractivity contribution in [2.75, 3.05) is 5.43 Å². The van der Waals surface area contributed by atoms with Crippen molar-refractivity contribution in [1.82, 2.24) is 0 Å². The molecule has 0 aromatic heterocycles. The Morgan fingerprint density at radius 1 is 1.08 bits per heavy atom. The lowest BCUT2D eigenvalue weighted by molar-refractivity contribution is -0.384. The number of rotatable bonds is 5. The number of hydrogen-bond donors (Lipinski definition) is 1. The molecule has 1 N–H and O–H groups in total. The predicted octanol–water partition coefficient (Wildman–Crippen LogP) is 3.82. The van der Waals surface area contributed by atoms with Crippen molar-refractivity contribution in [2.45, 2.75) is 13.8 Å². The molecule has 25 heavy (non-hydrogen) atoms. The van der Waals surface area contributed by atoms with Crippen molar-refractivity contribution >= 4 is 17.1 Å². The standard InChI is InChI=1S/C17H13N5O3/c1-11-3-12(2)5-16(4-11)25-17-7-13(6-15(8-17)22(23)24)20-21-14(9-18)10-19/h3-8,20H,1-2H3. The molecule has 0 amide bonds. The van der Waals surface area contributed by atoms with E-state index in [2.05, 4.69) is 10.5 Å². The minimum Gasteiger partial charge on any atom is -0.457 e. The lowest BCUT2D eigenvalue weighted by atomic mass is 10.1. The van der Waals surface area contributed by atoms with Gasteiger partial charge < -0.3 is 4.74 Å². The molecule has 0 aliphatic heterocycles. The third-order valence-corrected chi connectivity index (χ3v) is 3.04. The van der Waals surface area contributed by atoms with Crippen LogP contribution in [0.15, 0.2) is 41.5 Å². The van der Waals surface area contributed by atoms with Gasteiger partial charge >= 0.3 is 0 Å². The summed E-state index contributed by atoms with van der Waals surface area (Å²) in [5.74, 6) is 0.773. The van der Waals surface area contributed by atoms with E-state index in [-0.39, 0.29) is 17.1 Å². The molecule has 2 aromatic rings. The molecule has 2 rings (SSSR count). The number of anilines is 1. The first-order chi connectivity index (χ1) is 11.9. The average molecular weight is 335 g/mol. The Labute approximate surface area is 143 Å². The first-order valence-corrected chi connectivity index (χ1v) is 7.11. The lowest BCUT2D eigenvalue weighted by Crippen LogP contribution is -1.98. The first-order valence-electron chi connectivity index (χ1n) is 7.11. The molecule has 0 saturated carbocycles. The van der Waals surface area contributed by atoms with Crippen LogP contribution >= 0.6 is 0 Å². The highest BCUT2D eigenvalue weighted by Gasteiger charge is 2.12. The van der Waals surface area contributed by atoms with Crippen LogP contribution in [0.4, 0.5) is 11.4 Å². The minimum absolute atomic E-state index is 0.213. The fourth-order valence-corrected chi connectivity index (χ4v) is 2.14. The first kappa shape index (κ1) is 17.4. The number of hydrogen-bond acceptors (Lipinski definition) is 7. The molecule has 0 fully saturated rings. The Hall–Kier alpha value is -3.91. The van der Waals surface area contributed by atoms with Crippen molar-refractivity contribution in [3.8, 4) is 23.6 Å². The van der Waals surface area contributed by atoms with Crippen LogP contribution in [0.25, 0.3) is 0 Å². The monoisotopic (exact) mass is 335 g/mol. The van der Waals surface area contributed by atoms with Gasteiger partial charge in [0.05, 0.1) is 16.7 Å². The van der Waals surface area contributed by atoms with Gasteiger partial charge in [0, 0.05) is 12.1 Å². The summed E-state index contributed by atoms with van der Waals surface area (Å²) >= 11 is 0. The van der Waals surface area contributed by atoms with E-state index in [1.807, 2.05) is 19.9 Å². The predicted molar refractivity (Wildman–Crippen MR) is 91.4 cm³/mol. The number of aryl methyl sites for hydroxylation is 2. The van der Waals surface area contributed by atoms with Gasteiger partial charge in [-0.1, -0.05) is 6.07 Å². The van der Waals surface area contributed by atoms with E-state index in [1.54, 1.807) is 24.3 Å². The summed E-state index contributed by atoms with van der Waals surface area (Å²) in [5.41, 5.74) is 4.05. The Kier molecular flexibility index (Phi) is 5.29. The number of ether oxygens (including phenoxy) is 1. The molecule has 8 nitrogen and oxygen atoms in total. The van der Waals surface area contributed by atoms with Crippen molar-refractivity contribution in [3.63, 3.8) is 0 Å². The summed E-state index contributed by atoms with van der Waals surface area (Å²) in [5, 5.41) is 32.0. The Morgan fingerprint density at radius 2 is 1.68 bits per heavy atom. The van der Waals surface area contributed by atoms with Crippen molar-refractivity contribution < 1.29 is 9.66 Å². The number of nitrogens with one attached hydrogen (secondary N) is 1. The molecule has 8 heteroatoms. The highest BCUT2D eigenvalue weighted by Crippen LogP contribution is 2.30. The van der Waals surface area contributed by atoms with Crippen molar-refractivity contribution in [2.24, 2.45) is 5.10 Å². The van der Waals surface area contributed by atoms with Crippen LogP contribution in [-0.4, -0.2) is 10.6 Å². The molecule has 0 radical (unpaired) electrons. The molecular formula is C17H13N5O3. The zero-order valence-electron chi connectivity index (χ0n) is 13.5. The molecule has 0 unspecified atom stereocenters. The van der Waals surface area contributed by atoms with Gasteiger partial charge in [0.1, 0.15) is 23.6 Å². The fraction of sp³-hybridized carbons (Fsp3) is 0.118. The van der Waals surface area contributed by atoms with E-state index in [0.717, 1.165) is 11.1 Å². The van der Waals surface area contributed by atoms with Gasteiger partial charge in [-0.25, -0.2) is 0 Å². The number of nitro groups is 1. The zero-order valence-corrected chi connectivity index (χ0v) is 13.5. The zero-order chi connectivity index (χ0) is 18.4. The van der Waals surface area contributed by atoms with E-state index in [1.165, 1.54) is 18.2 Å². The highest BCUT2D eigenvalue weighted by atomic mass is 16.6. The summed E-state index contributed by atoms with van der Waals surface area (Å²) in [6.45, 7) is 3.83. The molecular weight excluding hydrogens is 322 g/mol. The molecule has 2 aromatic carbocycles. The number of non-ortho nitro benzene ring substituents is 1. The van der Waals surface area contributed by atoms with Crippen LogP contribution in [0.5, 0.6) is 11.5 Å². The average Bonchev–Trinajstić information content (AvgIpc) is 2.54. The third kappa shape index (κ3) is 4.78. The van der Waals surface area contributed by atoms with E-state index in [9.17, 15) is 10.1 Å². The number of nitrogens with zero attached hydrogens (tertiary/aromatic N) is 4.